The van der Waals surface area contributed by atoms with Crippen molar-refractivity contribution in [2.45, 2.75) is 37.5 Å². The Labute approximate surface area is 127 Å². The highest BCUT2D eigenvalue weighted by Crippen LogP contribution is 2.46. The molecule has 0 spiro atoms. The number of aliphatic carboxylic acids is 1. The number of ether oxygens (including phenoxy) is 2. The van der Waals surface area contributed by atoms with Gasteiger partial charge >= 0.3 is 5.97 Å². The van der Waals surface area contributed by atoms with Gasteiger partial charge in [-0.05, 0) is 40.9 Å². The topological polar surface area (TPSA) is 55.8 Å². The Kier molecular flexibility index (Phi) is 4.58. The minimum Gasteiger partial charge on any atom is -0.496 e. The smallest absolute Gasteiger partial charge is 0.314 e. The molecule has 20 heavy (non-hydrogen) atoms. The van der Waals surface area contributed by atoms with Crippen LogP contribution in [-0.4, -0.2) is 25.3 Å². The number of carbonyl (C=O) groups is 1. The first-order valence-corrected chi connectivity index (χ1v) is 7.50. The van der Waals surface area contributed by atoms with E-state index in [4.69, 9.17) is 9.47 Å². The van der Waals surface area contributed by atoms with Crippen molar-refractivity contribution in [2.75, 3.05) is 14.2 Å². The molecule has 1 saturated carbocycles. The van der Waals surface area contributed by atoms with Crippen LogP contribution in [0.2, 0.25) is 0 Å². The molecule has 0 aliphatic heterocycles. The highest BCUT2D eigenvalue weighted by molar-refractivity contribution is 9.10. The second kappa shape index (κ2) is 6.04. The summed E-state index contributed by atoms with van der Waals surface area (Å²) in [4.78, 5) is 11.9. The summed E-state index contributed by atoms with van der Waals surface area (Å²) >= 11 is 3.41. The van der Waals surface area contributed by atoms with Crippen molar-refractivity contribution >= 4 is 21.9 Å². The molecule has 1 aromatic rings. The number of carboxylic acids is 1. The quantitative estimate of drug-likeness (QED) is 0.905. The van der Waals surface area contributed by atoms with Crippen LogP contribution in [0.15, 0.2) is 16.6 Å². The molecule has 0 amide bonds. The molecular formula is C15H19BrO4. The molecule has 1 aliphatic carbocycles. The van der Waals surface area contributed by atoms with Gasteiger partial charge < -0.3 is 14.6 Å². The maximum absolute atomic E-state index is 11.9. The first kappa shape index (κ1) is 15.2. The normalized spacial score (nSPS) is 17.6. The van der Waals surface area contributed by atoms with Crippen molar-refractivity contribution in [1.29, 1.82) is 0 Å². The third kappa shape index (κ3) is 2.51. The van der Waals surface area contributed by atoms with Crippen molar-refractivity contribution in [3.8, 4) is 11.5 Å². The van der Waals surface area contributed by atoms with E-state index >= 15 is 0 Å². The fourth-order valence-corrected chi connectivity index (χ4v) is 3.47. The summed E-state index contributed by atoms with van der Waals surface area (Å²) in [7, 11) is 3.14. The van der Waals surface area contributed by atoms with Crippen LogP contribution in [0, 0.1) is 0 Å². The minimum atomic E-state index is -0.864. The Hall–Kier alpha value is -1.23. The van der Waals surface area contributed by atoms with Gasteiger partial charge in [-0.15, -0.1) is 0 Å². The molecule has 0 saturated heterocycles. The van der Waals surface area contributed by atoms with Crippen LogP contribution >= 0.6 is 15.9 Å². The second-order valence-electron chi connectivity index (χ2n) is 5.13. The van der Waals surface area contributed by atoms with Gasteiger partial charge in [-0.3, -0.25) is 4.79 Å². The number of hydrogen-bond donors (Lipinski definition) is 1. The average Bonchev–Trinajstić information content (AvgIpc) is 2.47. The van der Waals surface area contributed by atoms with Crippen LogP contribution in [0.4, 0.5) is 0 Å². The summed E-state index contributed by atoms with van der Waals surface area (Å²) in [5.74, 6) is 0.453. The summed E-state index contributed by atoms with van der Waals surface area (Å²) in [6.45, 7) is 0. The van der Waals surface area contributed by atoms with Crippen LogP contribution in [0.25, 0.3) is 0 Å². The first-order chi connectivity index (χ1) is 9.55. The maximum atomic E-state index is 11.9. The predicted molar refractivity (Wildman–Crippen MR) is 79.6 cm³/mol. The summed E-state index contributed by atoms with van der Waals surface area (Å²) < 4.78 is 11.5. The van der Waals surface area contributed by atoms with Crippen molar-refractivity contribution in [2.24, 2.45) is 0 Å². The largest absolute Gasteiger partial charge is 0.496 e. The Morgan fingerprint density at radius 2 is 1.75 bits per heavy atom. The van der Waals surface area contributed by atoms with Crippen LogP contribution in [0.3, 0.4) is 0 Å². The molecule has 0 radical (unpaired) electrons. The van der Waals surface area contributed by atoms with Gasteiger partial charge in [0.05, 0.1) is 24.1 Å². The summed E-state index contributed by atoms with van der Waals surface area (Å²) in [5.41, 5.74) is -0.148. The van der Waals surface area contributed by atoms with Gasteiger partial charge in [0.25, 0.3) is 0 Å². The lowest BCUT2D eigenvalue weighted by molar-refractivity contribution is -0.145. The molecule has 0 atom stereocenters. The van der Waals surface area contributed by atoms with E-state index in [1.165, 1.54) is 0 Å². The third-order valence-electron chi connectivity index (χ3n) is 4.11. The number of rotatable bonds is 4. The Morgan fingerprint density at radius 3 is 2.25 bits per heavy atom. The average molecular weight is 343 g/mol. The molecule has 110 valence electrons. The third-order valence-corrected chi connectivity index (χ3v) is 4.73. The Bertz CT molecular complexity index is 507. The van der Waals surface area contributed by atoms with Crippen LogP contribution in [0.5, 0.6) is 11.5 Å². The molecule has 0 bridgehead atoms. The van der Waals surface area contributed by atoms with Crippen LogP contribution < -0.4 is 9.47 Å². The van der Waals surface area contributed by atoms with Crippen molar-refractivity contribution in [1.82, 2.24) is 0 Å². The zero-order valence-electron chi connectivity index (χ0n) is 11.7. The lowest BCUT2D eigenvalue weighted by Crippen LogP contribution is -2.38. The van der Waals surface area contributed by atoms with Crippen molar-refractivity contribution < 1.29 is 19.4 Å². The van der Waals surface area contributed by atoms with Gasteiger partial charge in [0, 0.05) is 5.56 Å². The zero-order chi connectivity index (χ0) is 14.8. The van der Waals surface area contributed by atoms with E-state index in [-0.39, 0.29) is 0 Å². The van der Waals surface area contributed by atoms with Gasteiger partial charge in [-0.1, -0.05) is 19.3 Å². The summed E-state index contributed by atoms with van der Waals surface area (Å²) in [6, 6.07) is 3.58. The summed E-state index contributed by atoms with van der Waals surface area (Å²) in [6.07, 6.45) is 4.22. The molecular weight excluding hydrogens is 324 g/mol. The van der Waals surface area contributed by atoms with Crippen molar-refractivity contribution in [3.05, 3.63) is 22.2 Å². The second-order valence-corrected chi connectivity index (χ2v) is 5.99. The van der Waals surface area contributed by atoms with Crippen molar-refractivity contribution in [3.63, 3.8) is 0 Å². The first-order valence-electron chi connectivity index (χ1n) is 6.70. The number of carboxylic acid groups (broad SMARTS) is 1. The van der Waals surface area contributed by atoms with E-state index in [1.807, 2.05) is 0 Å². The molecule has 5 heteroatoms. The van der Waals surface area contributed by atoms with E-state index < -0.39 is 11.4 Å². The number of methoxy groups -OCH3 is 2. The van der Waals surface area contributed by atoms with Crippen LogP contribution in [0.1, 0.15) is 37.7 Å². The highest BCUT2D eigenvalue weighted by atomic mass is 79.9. The summed E-state index contributed by atoms with van der Waals surface area (Å²) in [5, 5.41) is 9.79. The highest BCUT2D eigenvalue weighted by Gasteiger charge is 2.43. The standard InChI is InChI=1S/C15H19BrO4/c1-19-12-9-11(16)13(20-2)8-10(12)15(14(17)18)6-4-3-5-7-15/h8-9H,3-7H2,1-2H3,(H,17,18). The van der Waals surface area contributed by atoms with E-state index in [2.05, 4.69) is 15.9 Å². The predicted octanol–water partition coefficient (Wildman–Crippen LogP) is 3.75. The molecule has 1 N–H and O–H groups in total. The van der Waals surface area contributed by atoms with Gasteiger partial charge in [0.15, 0.2) is 0 Å². The molecule has 4 nitrogen and oxygen atoms in total. The fraction of sp³-hybridized carbons (Fsp3) is 0.533. The van der Waals surface area contributed by atoms with Crippen LogP contribution in [-0.2, 0) is 10.2 Å². The van der Waals surface area contributed by atoms with Gasteiger partial charge in [-0.25, -0.2) is 0 Å². The van der Waals surface area contributed by atoms with E-state index in [1.54, 1.807) is 26.4 Å². The minimum absolute atomic E-state index is 0.599. The van der Waals surface area contributed by atoms with E-state index in [9.17, 15) is 9.90 Å². The van der Waals surface area contributed by atoms with E-state index in [0.29, 0.717) is 29.9 Å². The zero-order valence-corrected chi connectivity index (χ0v) is 13.3. The van der Waals surface area contributed by atoms with Gasteiger partial charge in [0.1, 0.15) is 11.5 Å². The lowest BCUT2D eigenvalue weighted by atomic mass is 9.69. The molecule has 0 unspecified atom stereocenters. The monoisotopic (exact) mass is 342 g/mol. The lowest BCUT2D eigenvalue weighted by Gasteiger charge is -2.34. The van der Waals surface area contributed by atoms with Gasteiger partial charge in [0.2, 0.25) is 0 Å². The molecule has 1 aromatic carbocycles. The molecule has 0 heterocycles. The molecule has 2 rings (SSSR count). The molecule has 0 aromatic heterocycles. The van der Waals surface area contributed by atoms with Gasteiger partial charge in [-0.2, -0.15) is 0 Å². The SMILES string of the molecule is COc1cc(C2(C(=O)O)CCCCC2)c(OC)cc1Br. The Morgan fingerprint density at radius 1 is 1.15 bits per heavy atom. The number of hydrogen-bond acceptors (Lipinski definition) is 3. The number of halogens is 1. The molecule has 1 fully saturated rings. The van der Waals surface area contributed by atoms with E-state index in [0.717, 1.165) is 23.7 Å². The Balaban J connectivity index is 2.60. The maximum Gasteiger partial charge on any atom is 0.314 e. The molecule has 1 aliphatic rings. The number of benzene rings is 1. The fourth-order valence-electron chi connectivity index (χ4n) is 2.99.